The summed E-state index contributed by atoms with van der Waals surface area (Å²) >= 11 is 0. The minimum Gasteiger partial charge on any atom is -0.460 e. The monoisotopic (exact) mass is 482 g/mol. The molecule has 0 fully saturated rings. The molecule has 0 atom stereocenters. The Balaban J connectivity index is 0.000000785. The SMILES string of the molecule is CC(C)(C)OC(=O)C(C)(C)C.CC(C)c1cc(C(C)C)c(S(=O)(=O)C(C)(C)C)c(C(C)C)c1. The molecular formula is C28H50O4S. The zero-order chi connectivity index (χ0) is 26.7. The zero-order valence-electron chi connectivity index (χ0n) is 23.9. The van der Waals surface area contributed by atoms with E-state index in [2.05, 4.69) is 53.7 Å². The van der Waals surface area contributed by atoms with Gasteiger partial charge in [0, 0.05) is 0 Å². The molecule has 5 heteroatoms. The highest BCUT2D eigenvalue weighted by Gasteiger charge is 2.36. The highest BCUT2D eigenvalue weighted by Crippen LogP contribution is 2.39. The van der Waals surface area contributed by atoms with Gasteiger partial charge in [-0.15, -0.1) is 0 Å². The summed E-state index contributed by atoms with van der Waals surface area (Å²) < 4.78 is 30.7. The molecule has 1 rings (SSSR count). The van der Waals surface area contributed by atoms with Crippen molar-refractivity contribution in [2.75, 3.05) is 0 Å². The van der Waals surface area contributed by atoms with E-state index < -0.39 is 20.0 Å². The predicted molar refractivity (Wildman–Crippen MR) is 141 cm³/mol. The summed E-state index contributed by atoms with van der Waals surface area (Å²) in [5.41, 5.74) is 2.38. The van der Waals surface area contributed by atoms with Crippen molar-refractivity contribution >= 4 is 15.8 Å². The van der Waals surface area contributed by atoms with Crippen molar-refractivity contribution in [2.45, 2.75) is 137 Å². The molecule has 4 nitrogen and oxygen atoms in total. The molecule has 1 aromatic carbocycles. The van der Waals surface area contributed by atoms with Gasteiger partial charge in [-0.2, -0.15) is 0 Å². The average Bonchev–Trinajstić information content (AvgIpc) is 2.57. The first-order valence-electron chi connectivity index (χ1n) is 12.1. The summed E-state index contributed by atoms with van der Waals surface area (Å²) in [6.07, 6.45) is 0. The second kappa shape index (κ2) is 10.9. The minimum atomic E-state index is -3.37. The summed E-state index contributed by atoms with van der Waals surface area (Å²) in [4.78, 5) is 11.8. The van der Waals surface area contributed by atoms with Gasteiger partial charge in [0.05, 0.1) is 15.1 Å². The smallest absolute Gasteiger partial charge is 0.311 e. The van der Waals surface area contributed by atoms with Crippen molar-refractivity contribution in [1.29, 1.82) is 0 Å². The lowest BCUT2D eigenvalue weighted by Crippen LogP contribution is -2.31. The van der Waals surface area contributed by atoms with Crippen molar-refractivity contribution in [3.8, 4) is 0 Å². The molecule has 0 saturated heterocycles. The Morgan fingerprint density at radius 1 is 0.727 bits per heavy atom. The molecule has 0 spiro atoms. The van der Waals surface area contributed by atoms with Gasteiger partial charge in [0.2, 0.25) is 0 Å². The number of sulfone groups is 1. The van der Waals surface area contributed by atoms with Gasteiger partial charge in [-0.05, 0) is 96.8 Å². The molecule has 1 aromatic rings. The number of esters is 1. The molecule has 0 heterocycles. The highest BCUT2D eigenvalue weighted by atomic mass is 32.2. The maximum Gasteiger partial charge on any atom is 0.311 e. The van der Waals surface area contributed by atoms with Crippen LogP contribution in [0.3, 0.4) is 0 Å². The Morgan fingerprint density at radius 2 is 1.09 bits per heavy atom. The van der Waals surface area contributed by atoms with E-state index in [0.717, 1.165) is 11.1 Å². The summed E-state index contributed by atoms with van der Waals surface area (Å²) in [6.45, 7) is 29.1. The summed E-state index contributed by atoms with van der Waals surface area (Å²) in [6, 6.07) is 4.19. The second-order valence-corrected chi connectivity index (χ2v) is 15.5. The van der Waals surface area contributed by atoms with E-state index in [0.29, 0.717) is 10.8 Å². The molecule has 0 unspecified atom stereocenters. The summed E-state index contributed by atoms with van der Waals surface area (Å²) in [7, 11) is -3.37. The van der Waals surface area contributed by atoms with Crippen LogP contribution in [-0.2, 0) is 19.4 Å². The Hall–Kier alpha value is -1.36. The summed E-state index contributed by atoms with van der Waals surface area (Å²) in [5, 5.41) is 0. The molecule has 0 radical (unpaired) electrons. The third-order valence-electron chi connectivity index (χ3n) is 5.17. The molecule has 0 aliphatic rings. The fourth-order valence-corrected chi connectivity index (χ4v) is 4.76. The van der Waals surface area contributed by atoms with Crippen molar-refractivity contribution in [2.24, 2.45) is 5.41 Å². The number of hydrogen-bond acceptors (Lipinski definition) is 4. The Bertz CT molecular complexity index is 872. The molecule has 192 valence electrons. The third kappa shape index (κ3) is 9.07. The van der Waals surface area contributed by atoms with Crippen molar-refractivity contribution in [1.82, 2.24) is 0 Å². The molecule has 0 aliphatic carbocycles. The van der Waals surface area contributed by atoms with Crippen LogP contribution < -0.4 is 0 Å². The normalized spacial score (nSPS) is 13.3. The van der Waals surface area contributed by atoms with Gasteiger partial charge in [0.25, 0.3) is 0 Å². The van der Waals surface area contributed by atoms with Crippen molar-refractivity contribution in [3.63, 3.8) is 0 Å². The zero-order valence-corrected chi connectivity index (χ0v) is 24.7. The highest BCUT2D eigenvalue weighted by molar-refractivity contribution is 7.92. The van der Waals surface area contributed by atoms with E-state index in [1.54, 1.807) is 20.8 Å². The number of ether oxygens (including phenoxy) is 1. The quantitative estimate of drug-likeness (QED) is 0.408. The molecule has 0 N–H and O–H groups in total. The first kappa shape index (κ1) is 31.6. The number of rotatable bonds is 4. The summed E-state index contributed by atoms with van der Waals surface area (Å²) in [5.74, 6) is 0.609. The van der Waals surface area contributed by atoms with Crippen LogP contribution in [0.15, 0.2) is 17.0 Å². The topological polar surface area (TPSA) is 60.4 Å². The second-order valence-electron chi connectivity index (χ2n) is 12.9. The van der Waals surface area contributed by atoms with E-state index in [1.807, 2.05) is 41.5 Å². The van der Waals surface area contributed by atoms with Gasteiger partial charge in [-0.3, -0.25) is 4.79 Å². The van der Waals surface area contributed by atoms with Crippen LogP contribution in [0.5, 0.6) is 0 Å². The van der Waals surface area contributed by atoms with Crippen molar-refractivity contribution < 1.29 is 17.9 Å². The number of carbonyl (C=O) groups excluding carboxylic acids is 1. The van der Waals surface area contributed by atoms with Crippen LogP contribution in [0.25, 0.3) is 0 Å². The first-order valence-corrected chi connectivity index (χ1v) is 13.6. The van der Waals surface area contributed by atoms with E-state index in [4.69, 9.17) is 4.74 Å². The fraction of sp³-hybridized carbons (Fsp3) is 0.750. The Morgan fingerprint density at radius 3 is 1.27 bits per heavy atom. The largest absolute Gasteiger partial charge is 0.460 e. The minimum absolute atomic E-state index is 0.148. The van der Waals surface area contributed by atoms with Gasteiger partial charge in [0.15, 0.2) is 9.84 Å². The first-order chi connectivity index (χ1) is 14.4. The molecule has 0 aliphatic heterocycles. The molecule has 0 bridgehead atoms. The maximum absolute atomic E-state index is 13.2. The molecule has 0 amide bonds. The van der Waals surface area contributed by atoms with E-state index >= 15 is 0 Å². The van der Waals surface area contributed by atoms with Crippen LogP contribution in [0.4, 0.5) is 0 Å². The van der Waals surface area contributed by atoms with Crippen LogP contribution in [-0.4, -0.2) is 24.7 Å². The third-order valence-corrected chi connectivity index (χ3v) is 7.79. The van der Waals surface area contributed by atoms with E-state index in [1.165, 1.54) is 5.56 Å². The number of carbonyl (C=O) groups is 1. The van der Waals surface area contributed by atoms with Gasteiger partial charge >= 0.3 is 5.97 Å². The van der Waals surface area contributed by atoms with Crippen LogP contribution in [0, 0.1) is 5.41 Å². The Labute approximate surface area is 204 Å². The van der Waals surface area contributed by atoms with Gasteiger partial charge in [0.1, 0.15) is 5.60 Å². The van der Waals surface area contributed by atoms with Crippen LogP contribution in [0.2, 0.25) is 0 Å². The van der Waals surface area contributed by atoms with Crippen LogP contribution in [0.1, 0.15) is 138 Å². The lowest BCUT2D eigenvalue weighted by molar-refractivity contribution is -0.164. The maximum atomic E-state index is 13.2. The number of benzene rings is 1. The van der Waals surface area contributed by atoms with Gasteiger partial charge in [-0.1, -0.05) is 53.7 Å². The van der Waals surface area contributed by atoms with Gasteiger partial charge in [-0.25, -0.2) is 8.42 Å². The van der Waals surface area contributed by atoms with E-state index in [-0.39, 0.29) is 23.4 Å². The fourth-order valence-electron chi connectivity index (χ4n) is 2.94. The molecule has 0 aromatic heterocycles. The van der Waals surface area contributed by atoms with Crippen molar-refractivity contribution in [3.05, 3.63) is 28.8 Å². The standard InChI is InChI=1S/C19H32O2S.C9H18O2/c1-12(2)15-10-16(13(3)4)18(17(11-15)14(5)6)22(20,21)19(7,8)9;1-8(2,3)7(10)11-9(4,5)6/h10-14H,1-9H3;1-6H3. The average molecular weight is 483 g/mol. The van der Waals surface area contributed by atoms with Crippen LogP contribution >= 0.6 is 0 Å². The molecule has 33 heavy (non-hydrogen) atoms. The number of hydrogen-bond donors (Lipinski definition) is 0. The Kier molecular flexibility index (Phi) is 10.5. The predicted octanol–water partition coefficient (Wildman–Crippen LogP) is 8.00. The van der Waals surface area contributed by atoms with Gasteiger partial charge < -0.3 is 4.74 Å². The molecular weight excluding hydrogens is 432 g/mol. The lowest BCUT2D eigenvalue weighted by Gasteiger charge is -2.27. The molecule has 0 saturated carbocycles. The van der Waals surface area contributed by atoms with E-state index in [9.17, 15) is 13.2 Å². The lowest BCUT2D eigenvalue weighted by atomic mass is 9.89.